The van der Waals surface area contributed by atoms with Crippen LogP contribution in [-0.2, 0) is 17.9 Å². The molecule has 1 aromatic carbocycles. The average molecular weight is 381 g/mol. The first-order valence-electron chi connectivity index (χ1n) is 8.76. The number of hydrogen-bond donors (Lipinski definition) is 1. The number of carbonyl (C=O) groups excluding carboxylic acids is 1. The molecule has 1 N–H and O–H groups in total. The van der Waals surface area contributed by atoms with Crippen molar-refractivity contribution in [3.8, 4) is 0 Å². The summed E-state index contributed by atoms with van der Waals surface area (Å²) in [4.78, 5) is 25.1. The van der Waals surface area contributed by atoms with Crippen molar-refractivity contribution < 1.29 is 9.18 Å². The largest absolute Gasteiger partial charge is 0.355 e. The fraction of sp³-hybridized carbons (Fsp3) is 0.500. The number of fused-ring (bicyclic) bond motifs is 1. The minimum absolute atomic E-state index is 0.100. The third kappa shape index (κ3) is 3.82. The third-order valence-electron chi connectivity index (χ3n) is 4.47. The van der Waals surface area contributed by atoms with E-state index in [1.165, 1.54) is 22.9 Å². The molecule has 1 amide bonds. The van der Waals surface area contributed by atoms with Crippen LogP contribution in [0.2, 0.25) is 5.02 Å². The zero-order valence-corrected chi connectivity index (χ0v) is 15.6. The summed E-state index contributed by atoms with van der Waals surface area (Å²) in [5.41, 5.74) is 0.327. The van der Waals surface area contributed by atoms with Crippen molar-refractivity contribution in [2.45, 2.75) is 45.7 Å². The molecule has 1 aliphatic heterocycles. The van der Waals surface area contributed by atoms with Crippen LogP contribution in [-0.4, -0.2) is 26.8 Å². The zero-order chi connectivity index (χ0) is 18.8. The second kappa shape index (κ2) is 7.61. The molecule has 1 atom stereocenters. The van der Waals surface area contributed by atoms with Gasteiger partial charge in [0.25, 0.3) is 0 Å². The Bertz CT molecular complexity index is 875. The lowest BCUT2D eigenvalue weighted by atomic mass is 9.98. The van der Waals surface area contributed by atoms with E-state index >= 15 is 0 Å². The smallest absolute Gasteiger partial charge is 0.346 e. The zero-order valence-electron chi connectivity index (χ0n) is 14.8. The molecule has 3 rings (SSSR count). The molecule has 0 aliphatic carbocycles. The van der Waals surface area contributed by atoms with Crippen molar-refractivity contribution in [1.29, 1.82) is 0 Å². The van der Waals surface area contributed by atoms with Gasteiger partial charge in [-0.15, -0.1) is 0 Å². The Balaban J connectivity index is 1.87. The number of hydrogen-bond acceptors (Lipinski definition) is 3. The third-order valence-corrected chi connectivity index (χ3v) is 4.83. The highest BCUT2D eigenvalue weighted by atomic mass is 35.5. The first-order chi connectivity index (χ1) is 12.4. The molecule has 0 bridgehead atoms. The summed E-state index contributed by atoms with van der Waals surface area (Å²) >= 11 is 6.05. The van der Waals surface area contributed by atoms with Crippen molar-refractivity contribution in [1.82, 2.24) is 19.7 Å². The van der Waals surface area contributed by atoms with Gasteiger partial charge in [0.05, 0.1) is 12.5 Å². The van der Waals surface area contributed by atoms with Gasteiger partial charge in [0.2, 0.25) is 5.91 Å². The number of amides is 1. The second-order valence-electron chi connectivity index (χ2n) is 7.02. The van der Waals surface area contributed by atoms with Gasteiger partial charge < -0.3 is 5.32 Å². The molecule has 0 radical (unpaired) electrons. The van der Waals surface area contributed by atoms with E-state index in [1.807, 2.05) is 13.8 Å². The Morgan fingerprint density at radius 2 is 2.23 bits per heavy atom. The topological polar surface area (TPSA) is 68.9 Å². The predicted molar refractivity (Wildman–Crippen MR) is 96.8 cm³/mol. The fourth-order valence-electron chi connectivity index (χ4n) is 3.10. The van der Waals surface area contributed by atoms with Crippen LogP contribution in [0.5, 0.6) is 0 Å². The molecular weight excluding hydrogens is 359 g/mol. The number of nitrogens with one attached hydrogen (secondary N) is 1. The lowest BCUT2D eigenvalue weighted by molar-refractivity contribution is -0.123. The summed E-state index contributed by atoms with van der Waals surface area (Å²) in [7, 11) is 0. The van der Waals surface area contributed by atoms with Crippen LogP contribution >= 0.6 is 11.6 Å². The molecule has 8 heteroatoms. The van der Waals surface area contributed by atoms with Crippen molar-refractivity contribution in [2.75, 3.05) is 6.54 Å². The number of aromatic nitrogens is 3. The minimum Gasteiger partial charge on any atom is -0.355 e. The standard InChI is InChI=1S/C18H22ClFN4O2/c1-11(2)9-21-17(25)14-4-3-7-23-16(14)22-24(18(23)26)10-12-5-6-13(20)8-15(12)19/h5-6,8,11,14H,3-4,7,9-10H2,1-2H3,(H,21,25). The monoisotopic (exact) mass is 380 g/mol. The van der Waals surface area contributed by atoms with Crippen LogP contribution in [0.15, 0.2) is 23.0 Å². The van der Waals surface area contributed by atoms with Crippen molar-refractivity contribution in [2.24, 2.45) is 5.92 Å². The predicted octanol–water partition coefficient (Wildman–Crippen LogP) is 2.54. The maximum absolute atomic E-state index is 13.2. The highest BCUT2D eigenvalue weighted by Crippen LogP contribution is 2.25. The van der Waals surface area contributed by atoms with Crippen LogP contribution in [0, 0.1) is 11.7 Å². The van der Waals surface area contributed by atoms with Gasteiger partial charge in [0.15, 0.2) is 0 Å². The Kier molecular flexibility index (Phi) is 5.46. The Hall–Kier alpha value is -2.15. The Labute approximate surface area is 156 Å². The average Bonchev–Trinajstić information content (AvgIpc) is 2.91. The lowest BCUT2D eigenvalue weighted by Gasteiger charge is -2.21. The number of carbonyl (C=O) groups is 1. The van der Waals surface area contributed by atoms with Gasteiger partial charge in [-0.25, -0.2) is 13.9 Å². The number of benzene rings is 1. The van der Waals surface area contributed by atoms with Gasteiger partial charge in [-0.1, -0.05) is 31.5 Å². The van der Waals surface area contributed by atoms with E-state index in [0.29, 0.717) is 36.8 Å². The van der Waals surface area contributed by atoms with Crippen LogP contribution in [0.4, 0.5) is 4.39 Å². The summed E-state index contributed by atoms with van der Waals surface area (Å²) in [5, 5.41) is 7.56. The first-order valence-corrected chi connectivity index (χ1v) is 9.13. The van der Waals surface area contributed by atoms with Crippen molar-refractivity contribution in [3.63, 3.8) is 0 Å². The van der Waals surface area contributed by atoms with E-state index < -0.39 is 11.7 Å². The van der Waals surface area contributed by atoms with Crippen molar-refractivity contribution >= 4 is 17.5 Å². The van der Waals surface area contributed by atoms with Crippen LogP contribution in [0.3, 0.4) is 0 Å². The van der Waals surface area contributed by atoms with Crippen LogP contribution in [0.25, 0.3) is 0 Å². The fourth-order valence-corrected chi connectivity index (χ4v) is 3.33. The molecule has 0 saturated carbocycles. The molecule has 0 spiro atoms. The molecule has 1 aliphatic rings. The summed E-state index contributed by atoms with van der Waals surface area (Å²) in [6.45, 7) is 5.32. The highest BCUT2D eigenvalue weighted by molar-refractivity contribution is 6.31. The molecule has 0 fully saturated rings. The number of rotatable bonds is 5. The number of halogens is 2. The van der Waals surface area contributed by atoms with E-state index in [1.54, 1.807) is 4.57 Å². The van der Waals surface area contributed by atoms with Crippen LogP contribution < -0.4 is 11.0 Å². The SMILES string of the molecule is CC(C)CNC(=O)C1CCCn2c1nn(Cc1ccc(F)cc1Cl)c2=O. The highest BCUT2D eigenvalue weighted by Gasteiger charge is 2.31. The maximum Gasteiger partial charge on any atom is 0.346 e. The van der Waals surface area contributed by atoms with Gasteiger partial charge in [0, 0.05) is 18.1 Å². The van der Waals surface area contributed by atoms with Crippen LogP contribution in [0.1, 0.15) is 44.0 Å². The van der Waals surface area contributed by atoms with E-state index in [-0.39, 0.29) is 23.2 Å². The quantitative estimate of drug-likeness (QED) is 0.866. The summed E-state index contributed by atoms with van der Waals surface area (Å²) < 4.78 is 16.1. The van der Waals surface area contributed by atoms with Gasteiger partial charge in [-0.05, 0) is 36.5 Å². The molecular formula is C18H22ClFN4O2. The maximum atomic E-state index is 13.2. The summed E-state index contributed by atoms with van der Waals surface area (Å²) in [6, 6.07) is 4.04. The minimum atomic E-state index is -0.433. The molecule has 140 valence electrons. The van der Waals surface area contributed by atoms with E-state index in [9.17, 15) is 14.0 Å². The molecule has 0 saturated heterocycles. The molecule has 1 aromatic heterocycles. The lowest BCUT2D eigenvalue weighted by Crippen LogP contribution is -2.36. The van der Waals surface area contributed by atoms with E-state index in [0.717, 1.165) is 6.42 Å². The molecule has 6 nitrogen and oxygen atoms in total. The Morgan fingerprint density at radius 3 is 2.92 bits per heavy atom. The van der Waals surface area contributed by atoms with E-state index in [2.05, 4.69) is 10.4 Å². The Morgan fingerprint density at radius 1 is 1.46 bits per heavy atom. The van der Waals surface area contributed by atoms with Gasteiger partial charge in [0.1, 0.15) is 11.6 Å². The van der Waals surface area contributed by atoms with Gasteiger partial charge in [-0.3, -0.25) is 9.36 Å². The van der Waals surface area contributed by atoms with E-state index in [4.69, 9.17) is 11.6 Å². The normalized spacial score (nSPS) is 16.6. The number of nitrogens with zero attached hydrogens (tertiary/aromatic N) is 3. The summed E-state index contributed by atoms with van der Waals surface area (Å²) in [6.07, 6.45) is 1.41. The van der Waals surface area contributed by atoms with Crippen molar-refractivity contribution in [3.05, 3.63) is 50.9 Å². The molecule has 2 aromatic rings. The van der Waals surface area contributed by atoms with Gasteiger partial charge >= 0.3 is 5.69 Å². The van der Waals surface area contributed by atoms with Gasteiger partial charge in [-0.2, -0.15) is 5.10 Å². The molecule has 26 heavy (non-hydrogen) atoms. The molecule has 1 unspecified atom stereocenters. The molecule has 2 heterocycles. The second-order valence-corrected chi connectivity index (χ2v) is 7.43. The first kappa shape index (κ1) is 18.6. The summed E-state index contributed by atoms with van der Waals surface area (Å²) in [5.74, 6) is -0.127.